The lowest BCUT2D eigenvalue weighted by Crippen LogP contribution is -2.25. The van der Waals surface area contributed by atoms with Gasteiger partial charge in [-0.15, -0.1) is 0 Å². The number of nitrogens with one attached hydrogen (secondary N) is 1. The molecule has 0 saturated carbocycles. The molecular formula is C23H26N2O7S. The average molecular weight is 475 g/mol. The summed E-state index contributed by atoms with van der Waals surface area (Å²) in [5.74, 6) is -1.58. The molecule has 1 saturated heterocycles. The Labute approximate surface area is 195 Å². The van der Waals surface area contributed by atoms with Crippen molar-refractivity contribution >= 4 is 34.8 Å². The Balaban J connectivity index is 0.000000414. The van der Waals surface area contributed by atoms with E-state index in [4.69, 9.17) is 14.9 Å². The first-order chi connectivity index (χ1) is 15.8. The molecule has 1 aliphatic heterocycles. The Hall–Kier alpha value is -3.40. The Kier molecular flexibility index (Phi) is 10.4. The molecule has 3 N–H and O–H groups in total. The number of carboxylic acid groups (broad SMARTS) is 2. The minimum atomic E-state index is -1.08. The van der Waals surface area contributed by atoms with E-state index in [-0.39, 0.29) is 29.2 Å². The fourth-order valence-corrected chi connectivity index (χ4v) is 3.62. The molecule has 10 heteroatoms. The number of carbonyl (C=O) groups is 4. The van der Waals surface area contributed by atoms with Crippen molar-refractivity contribution in [2.45, 2.75) is 44.3 Å². The number of hydrogen-bond acceptors (Lipinski definition) is 7. The first-order valence-corrected chi connectivity index (χ1v) is 11.3. The summed E-state index contributed by atoms with van der Waals surface area (Å²) in [6.45, 7) is 2.67. The summed E-state index contributed by atoms with van der Waals surface area (Å²) in [5.41, 5.74) is 3.25. The molecule has 33 heavy (non-hydrogen) atoms. The molecule has 9 nitrogen and oxygen atoms in total. The van der Waals surface area contributed by atoms with Crippen LogP contribution in [0.3, 0.4) is 0 Å². The molecule has 3 rings (SSSR count). The van der Waals surface area contributed by atoms with E-state index >= 15 is 0 Å². The number of carboxylic acids is 2. The Morgan fingerprint density at radius 3 is 2.15 bits per heavy atom. The van der Waals surface area contributed by atoms with Gasteiger partial charge in [0.2, 0.25) is 5.91 Å². The fourth-order valence-electron chi connectivity index (χ4n) is 2.76. The van der Waals surface area contributed by atoms with Crippen LogP contribution in [0.4, 0.5) is 4.79 Å². The predicted octanol–water partition coefficient (Wildman–Crippen LogP) is 3.10. The van der Waals surface area contributed by atoms with E-state index in [1.807, 2.05) is 36.5 Å². The molecular weight excluding hydrogens is 448 g/mol. The highest BCUT2D eigenvalue weighted by Gasteiger charge is 2.31. The van der Waals surface area contributed by atoms with Crippen molar-refractivity contribution in [3.05, 3.63) is 59.4 Å². The van der Waals surface area contributed by atoms with E-state index in [0.717, 1.165) is 41.6 Å². The number of ether oxygens (including phenoxy) is 1. The molecule has 2 amide bonds. The van der Waals surface area contributed by atoms with Crippen molar-refractivity contribution in [1.82, 2.24) is 10.3 Å². The second-order valence-corrected chi connectivity index (χ2v) is 8.30. The summed E-state index contributed by atoms with van der Waals surface area (Å²) in [7, 11) is 0. The highest BCUT2D eigenvalue weighted by molar-refractivity contribution is 8.15. The van der Waals surface area contributed by atoms with Crippen LogP contribution in [0.1, 0.15) is 36.6 Å². The molecule has 1 aromatic heterocycles. The topological polar surface area (TPSA) is 143 Å². The molecule has 2 heterocycles. The maximum atomic E-state index is 11.6. The van der Waals surface area contributed by atoms with E-state index in [1.54, 1.807) is 0 Å². The maximum Gasteiger partial charge on any atom is 0.303 e. The molecule has 1 unspecified atom stereocenters. The quantitative estimate of drug-likeness (QED) is 0.473. The number of amides is 2. The van der Waals surface area contributed by atoms with Crippen molar-refractivity contribution in [2.24, 2.45) is 0 Å². The van der Waals surface area contributed by atoms with Crippen molar-refractivity contribution in [2.75, 3.05) is 6.61 Å². The zero-order chi connectivity index (χ0) is 24.2. The summed E-state index contributed by atoms with van der Waals surface area (Å²) in [5, 5.41) is 17.5. The monoisotopic (exact) mass is 474 g/mol. The van der Waals surface area contributed by atoms with Crippen LogP contribution in [-0.4, -0.2) is 50.1 Å². The van der Waals surface area contributed by atoms with Crippen LogP contribution in [0.15, 0.2) is 42.6 Å². The third-order valence-corrected chi connectivity index (χ3v) is 5.57. The highest BCUT2D eigenvalue weighted by Crippen LogP contribution is 2.23. The van der Waals surface area contributed by atoms with Gasteiger partial charge in [-0.3, -0.25) is 29.5 Å². The van der Waals surface area contributed by atoms with Crippen LogP contribution in [0.25, 0.3) is 0 Å². The normalized spacial score (nSPS) is 14.8. The van der Waals surface area contributed by atoms with E-state index in [9.17, 15) is 19.2 Å². The van der Waals surface area contributed by atoms with Gasteiger partial charge in [0.15, 0.2) is 0 Å². The van der Waals surface area contributed by atoms with E-state index < -0.39 is 11.9 Å². The van der Waals surface area contributed by atoms with Gasteiger partial charge < -0.3 is 14.9 Å². The van der Waals surface area contributed by atoms with Gasteiger partial charge >= 0.3 is 11.9 Å². The molecule has 176 valence electrons. The highest BCUT2D eigenvalue weighted by atomic mass is 32.2. The Bertz CT molecular complexity index is 948. The second kappa shape index (κ2) is 13.2. The van der Waals surface area contributed by atoms with Crippen molar-refractivity contribution < 1.29 is 34.1 Å². The van der Waals surface area contributed by atoms with Crippen molar-refractivity contribution in [1.29, 1.82) is 0 Å². The SMILES string of the molecule is CCc1ccc(CCOc2ccc(CC3SC(=O)NC3=O)cc2)nc1.O=C(O)CCC(=O)O. The number of rotatable bonds is 10. The van der Waals surface area contributed by atoms with Gasteiger partial charge in [0.25, 0.3) is 5.24 Å². The van der Waals surface area contributed by atoms with Gasteiger partial charge in [0, 0.05) is 18.3 Å². The van der Waals surface area contributed by atoms with Crippen LogP contribution >= 0.6 is 11.8 Å². The van der Waals surface area contributed by atoms with Gasteiger partial charge in [-0.1, -0.05) is 36.9 Å². The van der Waals surface area contributed by atoms with Crippen LogP contribution < -0.4 is 10.1 Å². The standard InChI is InChI=1S/C19H20N2O3S.C4H6O4/c1-2-13-3-6-15(20-12-13)9-10-24-16-7-4-14(5-8-16)11-17-18(22)21-19(23)25-17;5-3(6)1-2-4(7)8/h3-8,12,17H,2,9-11H2,1H3,(H,21,22,23);1-2H2,(H,5,6)(H,7,8). The number of aromatic nitrogens is 1. The molecule has 1 atom stereocenters. The second-order valence-electron chi connectivity index (χ2n) is 7.13. The lowest BCUT2D eigenvalue weighted by molar-refractivity contribution is -0.143. The average Bonchev–Trinajstić information content (AvgIpc) is 3.11. The van der Waals surface area contributed by atoms with E-state index in [1.165, 1.54) is 5.56 Å². The molecule has 0 bridgehead atoms. The number of aryl methyl sites for hydroxylation is 1. The third-order valence-electron chi connectivity index (χ3n) is 4.59. The number of pyridine rings is 1. The molecule has 0 spiro atoms. The van der Waals surface area contributed by atoms with Gasteiger partial charge in [0.1, 0.15) is 5.75 Å². The number of imide groups is 1. The minimum absolute atomic E-state index is 0.211. The summed E-state index contributed by atoms with van der Waals surface area (Å²) in [6, 6.07) is 11.8. The number of aliphatic carboxylic acids is 2. The molecule has 0 aliphatic carbocycles. The van der Waals surface area contributed by atoms with E-state index in [0.29, 0.717) is 13.0 Å². The molecule has 0 radical (unpaired) electrons. The number of benzene rings is 1. The van der Waals surface area contributed by atoms with Gasteiger partial charge in [0.05, 0.1) is 24.7 Å². The zero-order valence-electron chi connectivity index (χ0n) is 18.2. The maximum absolute atomic E-state index is 11.6. The Morgan fingerprint density at radius 1 is 1.03 bits per heavy atom. The lowest BCUT2D eigenvalue weighted by Gasteiger charge is -2.09. The third kappa shape index (κ3) is 9.73. The largest absolute Gasteiger partial charge is 0.493 e. The number of thioether (sulfide) groups is 1. The van der Waals surface area contributed by atoms with Crippen molar-refractivity contribution in [3.63, 3.8) is 0 Å². The summed E-state index contributed by atoms with van der Waals surface area (Å²) in [4.78, 5) is 46.5. The van der Waals surface area contributed by atoms with Crippen LogP contribution in [0.5, 0.6) is 5.75 Å². The van der Waals surface area contributed by atoms with Gasteiger partial charge in [-0.05, 0) is 42.2 Å². The molecule has 1 aromatic carbocycles. The van der Waals surface area contributed by atoms with Gasteiger partial charge in [-0.25, -0.2) is 0 Å². The summed E-state index contributed by atoms with van der Waals surface area (Å²) >= 11 is 1.05. The van der Waals surface area contributed by atoms with Crippen LogP contribution in [0.2, 0.25) is 0 Å². The predicted molar refractivity (Wildman–Crippen MR) is 122 cm³/mol. The molecule has 1 aliphatic rings. The lowest BCUT2D eigenvalue weighted by atomic mass is 10.1. The van der Waals surface area contributed by atoms with Crippen molar-refractivity contribution in [3.8, 4) is 5.75 Å². The first kappa shape index (κ1) is 25.9. The van der Waals surface area contributed by atoms with Crippen LogP contribution in [-0.2, 0) is 33.6 Å². The fraction of sp³-hybridized carbons (Fsp3) is 0.348. The molecule has 1 fully saturated rings. The van der Waals surface area contributed by atoms with E-state index in [2.05, 4.69) is 23.3 Å². The minimum Gasteiger partial charge on any atom is -0.493 e. The summed E-state index contributed by atoms with van der Waals surface area (Å²) < 4.78 is 5.75. The number of nitrogens with zero attached hydrogens (tertiary/aromatic N) is 1. The first-order valence-electron chi connectivity index (χ1n) is 10.4. The summed E-state index contributed by atoms with van der Waals surface area (Å²) in [6.07, 6.45) is 3.60. The van der Waals surface area contributed by atoms with Crippen LogP contribution in [0, 0.1) is 0 Å². The molecule has 2 aromatic rings. The number of hydrogen-bond donors (Lipinski definition) is 3. The number of carbonyl (C=O) groups excluding carboxylic acids is 2. The Morgan fingerprint density at radius 2 is 1.67 bits per heavy atom. The zero-order valence-corrected chi connectivity index (χ0v) is 19.0. The van der Waals surface area contributed by atoms with Gasteiger partial charge in [-0.2, -0.15) is 0 Å². The smallest absolute Gasteiger partial charge is 0.303 e.